The summed E-state index contributed by atoms with van der Waals surface area (Å²) in [6.45, 7) is 10.4. The number of anilines is 1. The molecule has 1 unspecified atom stereocenters. The Balaban J connectivity index is 0. The molecule has 0 bridgehead atoms. The zero-order chi connectivity index (χ0) is 27.6. The van der Waals surface area contributed by atoms with E-state index in [-0.39, 0.29) is 54.3 Å². The van der Waals surface area contributed by atoms with Crippen LogP contribution >= 0.6 is 37.2 Å². The zero-order valence-electron chi connectivity index (χ0n) is 25.7. The lowest BCUT2D eigenvalue weighted by Gasteiger charge is -2.27. The molecule has 1 fully saturated rings. The van der Waals surface area contributed by atoms with Crippen LogP contribution in [0.4, 0.5) is 5.95 Å². The van der Waals surface area contributed by atoms with Gasteiger partial charge in [-0.15, -0.1) is 37.2 Å². The van der Waals surface area contributed by atoms with Crippen LogP contribution in [0.25, 0.3) is 11.0 Å². The molecule has 7 N–H and O–H groups in total. The van der Waals surface area contributed by atoms with E-state index in [1.54, 1.807) is 13.8 Å². The van der Waals surface area contributed by atoms with E-state index in [0.29, 0.717) is 25.0 Å². The summed E-state index contributed by atoms with van der Waals surface area (Å²) < 4.78 is 14.8. The first-order valence-corrected chi connectivity index (χ1v) is 13.8. The Kier molecular flexibility index (Phi) is 21.7. The number of nitrogens with zero attached hydrogens (tertiary/aromatic N) is 3. The molecule has 1 saturated heterocycles. The molecule has 0 spiro atoms. The van der Waals surface area contributed by atoms with Crippen molar-refractivity contribution < 1.29 is 25.5 Å². The van der Waals surface area contributed by atoms with Crippen molar-refractivity contribution in [3.8, 4) is 5.75 Å². The van der Waals surface area contributed by atoms with Crippen molar-refractivity contribution in [2.24, 2.45) is 0 Å². The maximum atomic E-state index is 8.06. The highest BCUT2D eigenvalue weighted by molar-refractivity contribution is 5.86. The molecule has 2 aromatic carbocycles. The number of hydrogen-bond acceptors (Lipinski definition) is 7. The number of imidazole rings is 1. The van der Waals surface area contributed by atoms with Crippen LogP contribution in [0.1, 0.15) is 56.8 Å². The number of rotatable bonds is 9. The van der Waals surface area contributed by atoms with Gasteiger partial charge in [0.15, 0.2) is 6.23 Å². The molecule has 10 nitrogen and oxygen atoms in total. The summed E-state index contributed by atoms with van der Waals surface area (Å²) in [5, 5.41) is 15.2. The molecular formula is C31H48Cl3N5O5. The highest BCUT2D eigenvalue weighted by Gasteiger charge is 2.27. The van der Waals surface area contributed by atoms with Crippen LogP contribution in [0.15, 0.2) is 66.7 Å². The van der Waals surface area contributed by atoms with Gasteiger partial charge in [0.2, 0.25) is 5.95 Å². The second kappa shape index (κ2) is 21.9. The number of aliphatic hydroxyl groups is 1. The lowest BCUT2D eigenvalue weighted by atomic mass is 10.1. The van der Waals surface area contributed by atoms with E-state index < -0.39 is 6.23 Å². The lowest BCUT2D eigenvalue weighted by Crippen LogP contribution is -2.36. The number of para-hydroxylation sites is 2. The van der Waals surface area contributed by atoms with Crippen LogP contribution in [0.5, 0.6) is 5.75 Å². The van der Waals surface area contributed by atoms with E-state index in [1.807, 2.05) is 62.4 Å². The second-order valence-electron chi connectivity index (χ2n) is 9.97. The van der Waals surface area contributed by atoms with E-state index in [4.69, 9.17) is 24.5 Å². The summed E-state index contributed by atoms with van der Waals surface area (Å²) in [5.41, 5.74) is 4.69. The highest BCUT2D eigenvalue weighted by atomic mass is 35.5. The average molecular weight is 677 g/mol. The topological polar surface area (TPSA) is 156 Å². The van der Waals surface area contributed by atoms with Crippen LogP contribution in [0, 0.1) is 6.92 Å². The van der Waals surface area contributed by atoms with Crippen molar-refractivity contribution in [2.75, 3.05) is 25.0 Å². The number of pyridine rings is 1. The van der Waals surface area contributed by atoms with Gasteiger partial charge in [0.25, 0.3) is 0 Å². The Morgan fingerprint density at radius 3 is 2.18 bits per heavy atom. The molecule has 248 valence electrons. The molecule has 1 aliphatic rings. The number of hydrogen-bond donors (Lipinski definition) is 3. The molecule has 4 aromatic rings. The monoisotopic (exact) mass is 675 g/mol. The van der Waals surface area contributed by atoms with Gasteiger partial charge in [0, 0.05) is 24.4 Å². The molecule has 1 atom stereocenters. The molecule has 1 aliphatic heterocycles. The predicted octanol–water partition coefficient (Wildman–Crippen LogP) is 5.07. The van der Waals surface area contributed by atoms with Crippen LogP contribution in [0.3, 0.4) is 0 Å². The quantitative estimate of drug-likeness (QED) is 0.224. The number of fused-ring (bicyclic) bond motifs is 1. The molecular weight excluding hydrogens is 629 g/mol. The molecule has 0 radical (unpaired) electrons. The fourth-order valence-electron chi connectivity index (χ4n) is 4.56. The Hall–Kier alpha value is -2.67. The number of benzene rings is 2. The molecule has 0 aliphatic carbocycles. The molecule has 0 saturated carbocycles. The maximum absolute atomic E-state index is 8.06. The van der Waals surface area contributed by atoms with Crippen LogP contribution in [-0.2, 0) is 11.3 Å². The van der Waals surface area contributed by atoms with Crippen LogP contribution in [0.2, 0.25) is 0 Å². The molecule has 3 heterocycles. The van der Waals surface area contributed by atoms with Gasteiger partial charge in [-0.05, 0) is 83.5 Å². The van der Waals surface area contributed by atoms with Crippen LogP contribution in [-0.4, -0.2) is 62.4 Å². The highest BCUT2D eigenvalue weighted by Crippen LogP contribution is 2.34. The van der Waals surface area contributed by atoms with E-state index in [9.17, 15) is 0 Å². The Bertz CT molecular complexity index is 1320. The number of ether oxygens (including phenoxy) is 2. The van der Waals surface area contributed by atoms with E-state index >= 15 is 0 Å². The number of aromatic nitrogens is 3. The van der Waals surface area contributed by atoms with E-state index in [0.717, 1.165) is 59.9 Å². The van der Waals surface area contributed by atoms with Crippen molar-refractivity contribution >= 4 is 54.2 Å². The average Bonchev–Trinajstić information content (AvgIpc) is 3.29. The fourth-order valence-corrected chi connectivity index (χ4v) is 4.56. The maximum Gasteiger partial charge on any atom is 0.206 e. The minimum atomic E-state index is -0.484. The minimum Gasteiger partial charge on any atom is -0.487 e. The zero-order valence-corrected chi connectivity index (χ0v) is 28.1. The lowest BCUT2D eigenvalue weighted by molar-refractivity contribution is 0.0394. The second-order valence-corrected chi connectivity index (χ2v) is 9.97. The van der Waals surface area contributed by atoms with Gasteiger partial charge in [-0.3, -0.25) is 4.57 Å². The van der Waals surface area contributed by atoms with Gasteiger partial charge < -0.3 is 36.2 Å². The molecule has 0 amide bonds. The van der Waals surface area contributed by atoms with Gasteiger partial charge in [-0.25, -0.2) is 9.97 Å². The third-order valence-electron chi connectivity index (χ3n) is 6.32. The number of piperidine rings is 1. The van der Waals surface area contributed by atoms with Gasteiger partial charge in [-0.2, -0.15) is 0 Å². The summed E-state index contributed by atoms with van der Waals surface area (Å²) in [6.07, 6.45) is 1.45. The summed E-state index contributed by atoms with van der Waals surface area (Å²) >= 11 is 0. The molecule has 44 heavy (non-hydrogen) atoms. The summed E-state index contributed by atoms with van der Waals surface area (Å²) in [4.78, 5) is 9.88. The van der Waals surface area contributed by atoms with Crippen molar-refractivity contribution in [1.82, 2.24) is 19.9 Å². The van der Waals surface area contributed by atoms with Crippen molar-refractivity contribution in [2.45, 2.75) is 65.5 Å². The van der Waals surface area contributed by atoms with Crippen molar-refractivity contribution in [1.29, 1.82) is 0 Å². The molecule has 5 rings (SSSR count). The van der Waals surface area contributed by atoms with Crippen molar-refractivity contribution in [3.63, 3.8) is 0 Å². The van der Waals surface area contributed by atoms with Gasteiger partial charge in [0.05, 0.1) is 11.0 Å². The SMILES string of the molecule is CC(C)O.CCOC(c1nc(C)ccc1OCc1ccccc1)n1c(NC2CCNCC2)nc2ccccc21.Cl.Cl.Cl.O.O. The fraction of sp³-hybridized carbons (Fsp3) is 0.419. The number of halogens is 3. The Morgan fingerprint density at radius 2 is 1.55 bits per heavy atom. The van der Waals surface area contributed by atoms with Crippen LogP contribution < -0.4 is 15.4 Å². The predicted molar refractivity (Wildman–Crippen MR) is 185 cm³/mol. The van der Waals surface area contributed by atoms with E-state index in [1.165, 1.54) is 0 Å². The third kappa shape index (κ3) is 12.0. The summed E-state index contributed by atoms with van der Waals surface area (Å²) in [6, 6.07) is 22.7. The Labute approximate surface area is 278 Å². The normalized spacial score (nSPS) is 13.0. The molecule has 13 heteroatoms. The van der Waals surface area contributed by atoms with E-state index in [2.05, 4.69) is 33.4 Å². The number of aryl methyl sites for hydroxylation is 1. The Morgan fingerprint density at radius 1 is 0.932 bits per heavy atom. The van der Waals surface area contributed by atoms with Gasteiger partial charge in [0.1, 0.15) is 18.1 Å². The summed E-state index contributed by atoms with van der Waals surface area (Å²) in [7, 11) is 0. The third-order valence-corrected chi connectivity index (χ3v) is 6.32. The number of aliphatic hydroxyl groups excluding tert-OH is 1. The van der Waals surface area contributed by atoms with Gasteiger partial charge in [-0.1, -0.05) is 42.5 Å². The number of nitrogens with one attached hydrogen (secondary N) is 2. The largest absolute Gasteiger partial charge is 0.487 e. The first kappa shape index (κ1) is 43.5. The smallest absolute Gasteiger partial charge is 0.206 e. The molecule has 2 aromatic heterocycles. The summed E-state index contributed by atoms with van der Waals surface area (Å²) in [5.74, 6) is 1.51. The first-order chi connectivity index (χ1) is 19.0. The standard InChI is InChI=1S/C28H33N5O2.C3H8O.3ClH.2H2O/c1-3-34-27(26-25(14-13-20(2)30-26)35-19-21-9-5-4-6-10-21)33-24-12-8-7-11-23(24)32-28(33)31-22-15-17-29-18-16-22;1-3(2)4;;;;;/h4-14,22,27,29H,3,15-19H2,1-2H3,(H,31,32);3-4H,1-2H3;3*1H;2*1H2. The minimum absolute atomic E-state index is 0. The van der Waals surface area contributed by atoms with Gasteiger partial charge >= 0.3 is 0 Å². The van der Waals surface area contributed by atoms with Crippen molar-refractivity contribution in [3.05, 3.63) is 83.7 Å². The first-order valence-electron chi connectivity index (χ1n) is 13.8.